The van der Waals surface area contributed by atoms with Gasteiger partial charge in [0.05, 0.1) is 20.3 Å². The van der Waals surface area contributed by atoms with Crippen LogP contribution in [0.1, 0.15) is 5.56 Å². The van der Waals surface area contributed by atoms with Crippen molar-refractivity contribution >= 4 is 55.6 Å². The third-order valence-electron chi connectivity index (χ3n) is 2.78. The lowest BCUT2D eigenvalue weighted by molar-refractivity contribution is 0.629. The second-order valence-electron chi connectivity index (χ2n) is 4.37. The van der Waals surface area contributed by atoms with Crippen molar-refractivity contribution in [3.63, 3.8) is 0 Å². The molecule has 0 saturated carbocycles. The monoisotopic (exact) mass is 326 g/mol. The smallest absolute Gasteiger partial charge is 0.188 e. The zero-order chi connectivity index (χ0) is 14.3. The van der Waals surface area contributed by atoms with Gasteiger partial charge in [0.25, 0.3) is 0 Å². The zero-order valence-electron chi connectivity index (χ0n) is 10.4. The number of hydrogen-bond acceptors (Lipinski definition) is 3. The summed E-state index contributed by atoms with van der Waals surface area (Å²) in [5.74, 6) is -0.612. The second-order valence-corrected chi connectivity index (χ2v) is 6.21. The van der Waals surface area contributed by atoms with Crippen LogP contribution in [0.25, 0.3) is 10.2 Å². The van der Waals surface area contributed by atoms with Gasteiger partial charge in [0.1, 0.15) is 0 Å². The maximum atomic E-state index is 13.4. The molecule has 0 saturated heterocycles. The van der Waals surface area contributed by atoms with Crippen LogP contribution in [0.3, 0.4) is 0 Å². The summed E-state index contributed by atoms with van der Waals surface area (Å²) in [5, 5.41) is 3.77. The van der Waals surface area contributed by atoms with Crippen molar-refractivity contribution in [1.29, 1.82) is 0 Å². The number of halogens is 3. The molecule has 0 spiro atoms. The van der Waals surface area contributed by atoms with E-state index in [9.17, 15) is 4.39 Å². The molecular weight excluding hydrogens is 318 g/mol. The summed E-state index contributed by atoms with van der Waals surface area (Å²) in [5.41, 5.74) is 2.71. The number of rotatable bonds is 2. The van der Waals surface area contributed by atoms with Gasteiger partial charge in [-0.1, -0.05) is 40.6 Å². The molecule has 0 aliphatic carbocycles. The average Bonchev–Trinajstić information content (AvgIpc) is 2.77. The van der Waals surface area contributed by atoms with Gasteiger partial charge in [-0.2, -0.15) is 0 Å². The highest BCUT2D eigenvalue weighted by atomic mass is 35.5. The lowest BCUT2D eigenvalue weighted by atomic mass is 10.2. The second kappa shape index (κ2) is 5.20. The minimum absolute atomic E-state index is 0.0167. The molecule has 1 N–H and O–H groups in total. The number of hydrogen-bond donors (Lipinski definition) is 1. The fraction of sp³-hybridized carbons (Fsp3) is 0.0714. The van der Waals surface area contributed by atoms with E-state index >= 15 is 0 Å². The first-order valence-corrected chi connectivity index (χ1v) is 7.39. The predicted octanol–water partition coefficient (Wildman–Crippen LogP) is 5.79. The fourth-order valence-corrected chi connectivity index (χ4v) is 3.31. The Morgan fingerprint density at radius 2 is 1.85 bits per heavy atom. The lowest BCUT2D eigenvalue weighted by Crippen LogP contribution is -1.91. The Hall–Kier alpha value is -1.36. The highest BCUT2D eigenvalue weighted by Crippen LogP contribution is 2.32. The van der Waals surface area contributed by atoms with E-state index in [4.69, 9.17) is 23.2 Å². The van der Waals surface area contributed by atoms with Crippen LogP contribution < -0.4 is 5.32 Å². The largest absolute Gasteiger partial charge is 0.331 e. The summed E-state index contributed by atoms with van der Waals surface area (Å²) in [7, 11) is 0. The lowest BCUT2D eigenvalue weighted by Gasteiger charge is -2.05. The van der Waals surface area contributed by atoms with Crippen molar-refractivity contribution in [2.75, 3.05) is 5.32 Å². The van der Waals surface area contributed by atoms with Crippen molar-refractivity contribution in [1.82, 2.24) is 4.98 Å². The van der Waals surface area contributed by atoms with Gasteiger partial charge in [-0.3, -0.25) is 0 Å². The molecule has 0 aliphatic rings. The molecule has 1 aromatic heterocycles. The molecule has 0 amide bonds. The van der Waals surface area contributed by atoms with Crippen molar-refractivity contribution in [2.45, 2.75) is 6.92 Å². The van der Waals surface area contributed by atoms with Crippen molar-refractivity contribution in [3.05, 3.63) is 51.8 Å². The van der Waals surface area contributed by atoms with E-state index in [1.165, 1.54) is 29.0 Å². The molecule has 2 nitrogen and oxygen atoms in total. The van der Waals surface area contributed by atoms with Gasteiger partial charge in [0.15, 0.2) is 10.9 Å². The molecule has 20 heavy (non-hydrogen) atoms. The molecule has 0 unspecified atom stereocenters. The molecule has 2 aromatic carbocycles. The number of fused-ring (bicyclic) bond motifs is 1. The van der Waals surface area contributed by atoms with E-state index in [1.54, 1.807) is 0 Å². The summed E-state index contributed by atoms with van der Waals surface area (Å²) in [6.07, 6.45) is 0. The molecule has 0 atom stereocenters. The minimum Gasteiger partial charge on any atom is -0.331 e. The molecule has 3 rings (SSSR count). The molecule has 0 radical (unpaired) electrons. The first-order valence-electron chi connectivity index (χ1n) is 5.82. The van der Waals surface area contributed by atoms with E-state index in [0.717, 1.165) is 10.2 Å². The number of thiazole rings is 1. The maximum absolute atomic E-state index is 13.4. The summed E-state index contributed by atoms with van der Waals surface area (Å²) in [4.78, 5) is 4.46. The van der Waals surface area contributed by atoms with Gasteiger partial charge in [0, 0.05) is 5.69 Å². The fourth-order valence-electron chi connectivity index (χ4n) is 1.84. The molecule has 0 fully saturated rings. The maximum Gasteiger partial charge on any atom is 0.188 e. The summed E-state index contributed by atoms with van der Waals surface area (Å²) >= 11 is 13.1. The van der Waals surface area contributed by atoms with Gasteiger partial charge in [-0.15, -0.1) is 0 Å². The number of nitrogens with one attached hydrogen (secondary N) is 1. The Kier molecular flexibility index (Phi) is 3.54. The quantitative estimate of drug-likeness (QED) is 0.602. The van der Waals surface area contributed by atoms with E-state index in [0.29, 0.717) is 10.8 Å². The number of benzene rings is 2. The van der Waals surface area contributed by atoms with Crippen LogP contribution in [0.4, 0.5) is 15.2 Å². The van der Waals surface area contributed by atoms with Gasteiger partial charge in [-0.05, 0) is 36.8 Å². The Labute approximate surface area is 129 Å². The highest BCUT2D eigenvalue weighted by molar-refractivity contribution is 7.22. The Balaban J connectivity index is 1.96. The minimum atomic E-state index is -0.612. The summed E-state index contributed by atoms with van der Waals surface area (Å²) in [6, 6.07) is 9.03. The number of aryl methyl sites for hydroxylation is 1. The van der Waals surface area contributed by atoms with E-state index in [1.807, 2.05) is 19.1 Å². The van der Waals surface area contributed by atoms with Crippen LogP contribution in [-0.2, 0) is 0 Å². The van der Waals surface area contributed by atoms with Crippen LogP contribution in [0, 0.1) is 12.7 Å². The van der Waals surface area contributed by atoms with Crippen LogP contribution in [-0.4, -0.2) is 4.98 Å². The summed E-state index contributed by atoms with van der Waals surface area (Å²) in [6.45, 7) is 2.03. The van der Waals surface area contributed by atoms with Crippen LogP contribution in [0.2, 0.25) is 10.0 Å². The van der Waals surface area contributed by atoms with Crippen LogP contribution in [0.5, 0.6) is 0 Å². The van der Waals surface area contributed by atoms with E-state index in [-0.39, 0.29) is 10.0 Å². The summed E-state index contributed by atoms with van der Waals surface area (Å²) < 4.78 is 14.4. The Bertz CT molecular complexity index is 778. The predicted molar refractivity (Wildman–Crippen MR) is 84.1 cm³/mol. The van der Waals surface area contributed by atoms with Crippen molar-refractivity contribution in [3.8, 4) is 0 Å². The molecule has 0 aliphatic heterocycles. The molecule has 6 heteroatoms. The SMILES string of the molecule is Cc1ccc2nc(Nc3cc(Cl)c(F)c(Cl)c3)sc2c1. The Morgan fingerprint density at radius 1 is 1.15 bits per heavy atom. The highest BCUT2D eigenvalue weighted by Gasteiger charge is 2.09. The van der Waals surface area contributed by atoms with E-state index < -0.39 is 5.82 Å². The van der Waals surface area contributed by atoms with Crippen LogP contribution in [0.15, 0.2) is 30.3 Å². The number of nitrogens with zero attached hydrogens (tertiary/aromatic N) is 1. The number of anilines is 2. The van der Waals surface area contributed by atoms with E-state index in [2.05, 4.69) is 16.4 Å². The average molecular weight is 327 g/mol. The molecule has 102 valence electrons. The van der Waals surface area contributed by atoms with Gasteiger partial charge < -0.3 is 5.32 Å². The Morgan fingerprint density at radius 3 is 2.55 bits per heavy atom. The first-order chi connectivity index (χ1) is 9.52. The van der Waals surface area contributed by atoms with Crippen molar-refractivity contribution in [2.24, 2.45) is 0 Å². The van der Waals surface area contributed by atoms with Gasteiger partial charge >= 0.3 is 0 Å². The normalized spacial score (nSPS) is 11.0. The molecule has 1 heterocycles. The zero-order valence-corrected chi connectivity index (χ0v) is 12.7. The van der Waals surface area contributed by atoms with Crippen molar-refractivity contribution < 1.29 is 4.39 Å². The topological polar surface area (TPSA) is 24.9 Å². The molecule has 3 aromatic rings. The molecule has 0 bridgehead atoms. The van der Waals surface area contributed by atoms with Gasteiger partial charge in [0.2, 0.25) is 0 Å². The third-order valence-corrected chi connectivity index (χ3v) is 4.26. The first kappa shape index (κ1) is 13.6. The van der Waals surface area contributed by atoms with Gasteiger partial charge in [-0.25, -0.2) is 9.37 Å². The number of aromatic nitrogens is 1. The van der Waals surface area contributed by atoms with Crippen LogP contribution >= 0.6 is 34.5 Å². The third kappa shape index (κ3) is 2.59. The molecular formula is C14H9Cl2FN2S. The standard InChI is InChI=1S/C14H9Cl2FN2S/c1-7-2-3-11-12(4-7)20-14(19-11)18-8-5-9(15)13(17)10(16)6-8/h2-6H,1H3,(H,18,19).